The van der Waals surface area contributed by atoms with Crippen molar-refractivity contribution in [2.75, 3.05) is 6.54 Å². The number of halogens is 1. The van der Waals surface area contributed by atoms with Crippen LogP contribution in [0.3, 0.4) is 0 Å². The van der Waals surface area contributed by atoms with Crippen LogP contribution in [0.2, 0.25) is 5.02 Å². The van der Waals surface area contributed by atoms with E-state index >= 15 is 0 Å². The Morgan fingerprint density at radius 2 is 2.12 bits per heavy atom. The average molecular weight is 233 g/mol. The first-order chi connectivity index (χ1) is 7.86. The molecule has 0 unspecified atom stereocenters. The Bertz CT molecular complexity index is 537. The highest BCUT2D eigenvalue weighted by Gasteiger charge is 2.14. The third-order valence-corrected chi connectivity index (χ3v) is 3.51. The number of hydrogen-bond donors (Lipinski definition) is 1. The van der Waals surface area contributed by atoms with E-state index in [1.807, 2.05) is 24.3 Å². The molecule has 0 radical (unpaired) electrons. The van der Waals surface area contributed by atoms with E-state index in [1.54, 1.807) is 0 Å². The van der Waals surface area contributed by atoms with Crippen molar-refractivity contribution in [2.45, 2.75) is 19.4 Å². The molecule has 1 N–H and O–H groups in total. The number of aryl methyl sites for hydroxylation is 1. The minimum Gasteiger partial charge on any atom is -0.313 e. The SMILES string of the molecule is Clc1c2c(nc3ccccc13)CCCNC2. The summed E-state index contributed by atoms with van der Waals surface area (Å²) in [4.78, 5) is 4.71. The molecule has 1 aliphatic heterocycles. The fraction of sp³-hybridized carbons (Fsp3) is 0.308. The molecule has 0 spiro atoms. The fourth-order valence-corrected chi connectivity index (χ4v) is 2.58. The molecule has 2 nitrogen and oxygen atoms in total. The Labute approximate surface area is 99.6 Å². The molecule has 1 aromatic heterocycles. The van der Waals surface area contributed by atoms with Crippen molar-refractivity contribution >= 4 is 22.5 Å². The Balaban J connectivity index is 2.29. The van der Waals surface area contributed by atoms with Gasteiger partial charge in [-0.05, 0) is 25.5 Å². The highest BCUT2D eigenvalue weighted by atomic mass is 35.5. The van der Waals surface area contributed by atoms with E-state index in [2.05, 4.69) is 5.32 Å². The summed E-state index contributed by atoms with van der Waals surface area (Å²) in [6.07, 6.45) is 2.15. The summed E-state index contributed by atoms with van der Waals surface area (Å²) in [6.45, 7) is 1.88. The van der Waals surface area contributed by atoms with Crippen molar-refractivity contribution in [3.05, 3.63) is 40.5 Å². The molecule has 0 amide bonds. The van der Waals surface area contributed by atoms with Gasteiger partial charge in [-0.1, -0.05) is 29.8 Å². The van der Waals surface area contributed by atoms with Gasteiger partial charge in [0.1, 0.15) is 0 Å². The Hall–Kier alpha value is -1.12. The van der Waals surface area contributed by atoms with Crippen LogP contribution in [0, 0.1) is 0 Å². The molecule has 2 heterocycles. The lowest BCUT2D eigenvalue weighted by atomic mass is 10.1. The Kier molecular flexibility index (Phi) is 2.54. The maximum absolute atomic E-state index is 6.45. The van der Waals surface area contributed by atoms with Crippen LogP contribution in [-0.2, 0) is 13.0 Å². The zero-order chi connectivity index (χ0) is 11.0. The summed E-state index contributed by atoms with van der Waals surface area (Å²) < 4.78 is 0. The Morgan fingerprint density at radius 1 is 1.25 bits per heavy atom. The van der Waals surface area contributed by atoms with E-state index in [1.165, 1.54) is 5.56 Å². The van der Waals surface area contributed by atoms with E-state index < -0.39 is 0 Å². The predicted molar refractivity (Wildman–Crippen MR) is 66.8 cm³/mol. The second-order valence-electron chi connectivity index (χ2n) is 4.15. The van der Waals surface area contributed by atoms with Gasteiger partial charge >= 0.3 is 0 Å². The number of nitrogens with one attached hydrogen (secondary N) is 1. The lowest BCUT2D eigenvalue weighted by molar-refractivity contribution is 0.680. The van der Waals surface area contributed by atoms with Gasteiger partial charge in [0, 0.05) is 23.2 Å². The second-order valence-corrected chi connectivity index (χ2v) is 4.53. The molecule has 0 saturated carbocycles. The zero-order valence-electron chi connectivity index (χ0n) is 8.96. The molecule has 0 bridgehead atoms. The van der Waals surface area contributed by atoms with Crippen molar-refractivity contribution in [3.63, 3.8) is 0 Å². The fourth-order valence-electron chi connectivity index (χ4n) is 2.24. The molecular formula is C13H13ClN2. The molecule has 0 fully saturated rings. The third-order valence-electron chi connectivity index (χ3n) is 3.08. The van der Waals surface area contributed by atoms with Crippen molar-refractivity contribution in [3.8, 4) is 0 Å². The summed E-state index contributed by atoms with van der Waals surface area (Å²) in [7, 11) is 0. The largest absolute Gasteiger partial charge is 0.313 e. The maximum Gasteiger partial charge on any atom is 0.0720 e. The van der Waals surface area contributed by atoms with Gasteiger partial charge in [-0.15, -0.1) is 0 Å². The Morgan fingerprint density at radius 3 is 3.06 bits per heavy atom. The minimum absolute atomic E-state index is 0.839. The molecule has 82 valence electrons. The van der Waals surface area contributed by atoms with Gasteiger partial charge in [-0.3, -0.25) is 4.98 Å². The zero-order valence-corrected chi connectivity index (χ0v) is 9.72. The quantitative estimate of drug-likeness (QED) is 0.756. The number of benzene rings is 1. The van der Waals surface area contributed by atoms with Crippen LogP contribution < -0.4 is 5.32 Å². The summed E-state index contributed by atoms with van der Waals surface area (Å²) >= 11 is 6.45. The summed E-state index contributed by atoms with van der Waals surface area (Å²) in [5.41, 5.74) is 3.35. The van der Waals surface area contributed by atoms with Crippen LogP contribution in [0.1, 0.15) is 17.7 Å². The van der Waals surface area contributed by atoms with Crippen molar-refractivity contribution in [1.82, 2.24) is 10.3 Å². The molecule has 0 saturated heterocycles. The first kappa shape index (κ1) is 10.1. The normalized spacial score (nSPS) is 15.8. The van der Waals surface area contributed by atoms with Crippen LogP contribution in [0.5, 0.6) is 0 Å². The number of nitrogens with zero attached hydrogens (tertiary/aromatic N) is 1. The van der Waals surface area contributed by atoms with Crippen molar-refractivity contribution in [2.24, 2.45) is 0 Å². The lowest BCUT2D eigenvalue weighted by Gasteiger charge is -2.10. The molecule has 3 rings (SSSR count). The number of fused-ring (bicyclic) bond motifs is 2. The minimum atomic E-state index is 0.839. The standard InChI is InChI=1S/C13H13ClN2/c14-13-9-4-1-2-5-11(9)16-12-6-3-7-15-8-10(12)13/h1-2,4-5,15H,3,6-8H2. The van der Waals surface area contributed by atoms with Crippen LogP contribution in [0.4, 0.5) is 0 Å². The number of pyridine rings is 1. The first-order valence-electron chi connectivity index (χ1n) is 5.63. The summed E-state index contributed by atoms with van der Waals surface area (Å²) in [5.74, 6) is 0. The van der Waals surface area contributed by atoms with Gasteiger partial charge in [0.25, 0.3) is 0 Å². The van der Waals surface area contributed by atoms with Crippen LogP contribution in [-0.4, -0.2) is 11.5 Å². The van der Waals surface area contributed by atoms with E-state index in [4.69, 9.17) is 16.6 Å². The number of aromatic nitrogens is 1. The molecule has 2 aromatic rings. The average Bonchev–Trinajstić information content (AvgIpc) is 2.55. The smallest absolute Gasteiger partial charge is 0.0720 e. The lowest BCUT2D eigenvalue weighted by Crippen LogP contribution is -2.12. The molecule has 3 heteroatoms. The van der Waals surface area contributed by atoms with Crippen molar-refractivity contribution in [1.29, 1.82) is 0 Å². The van der Waals surface area contributed by atoms with Gasteiger partial charge < -0.3 is 5.32 Å². The van der Waals surface area contributed by atoms with Gasteiger partial charge in [0.15, 0.2) is 0 Å². The van der Waals surface area contributed by atoms with Gasteiger partial charge in [-0.2, -0.15) is 0 Å². The van der Waals surface area contributed by atoms with Crippen LogP contribution in [0.15, 0.2) is 24.3 Å². The highest BCUT2D eigenvalue weighted by molar-refractivity contribution is 6.36. The van der Waals surface area contributed by atoms with Gasteiger partial charge in [0.2, 0.25) is 0 Å². The monoisotopic (exact) mass is 232 g/mol. The van der Waals surface area contributed by atoms with E-state index in [-0.39, 0.29) is 0 Å². The summed E-state index contributed by atoms with van der Waals surface area (Å²) in [5, 5.41) is 5.32. The number of rotatable bonds is 0. The highest BCUT2D eigenvalue weighted by Crippen LogP contribution is 2.29. The maximum atomic E-state index is 6.45. The van der Waals surface area contributed by atoms with Crippen molar-refractivity contribution < 1.29 is 0 Å². The third kappa shape index (κ3) is 1.58. The predicted octanol–water partition coefficient (Wildman–Crippen LogP) is 2.92. The topological polar surface area (TPSA) is 24.9 Å². The molecule has 0 atom stereocenters. The van der Waals surface area contributed by atoms with Gasteiger partial charge in [0.05, 0.1) is 10.5 Å². The molecule has 1 aliphatic rings. The first-order valence-corrected chi connectivity index (χ1v) is 6.01. The van der Waals surface area contributed by atoms with E-state index in [9.17, 15) is 0 Å². The van der Waals surface area contributed by atoms with Crippen LogP contribution in [0.25, 0.3) is 10.9 Å². The molecule has 16 heavy (non-hydrogen) atoms. The molecule has 1 aromatic carbocycles. The van der Waals surface area contributed by atoms with Gasteiger partial charge in [-0.25, -0.2) is 0 Å². The van der Waals surface area contributed by atoms with E-state index in [0.29, 0.717) is 0 Å². The second kappa shape index (κ2) is 4.04. The number of para-hydroxylation sites is 1. The molecule has 0 aliphatic carbocycles. The number of hydrogen-bond acceptors (Lipinski definition) is 2. The van der Waals surface area contributed by atoms with Crippen LogP contribution >= 0.6 is 11.6 Å². The van der Waals surface area contributed by atoms with E-state index in [0.717, 1.165) is 47.6 Å². The molecular weight excluding hydrogens is 220 g/mol. The summed E-state index contributed by atoms with van der Waals surface area (Å²) in [6, 6.07) is 8.08.